The zero-order chi connectivity index (χ0) is 19.6. The molecule has 0 unspecified atom stereocenters. The third-order valence-corrected chi connectivity index (χ3v) is 3.89. The van der Waals surface area contributed by atoms with E-state index in [1.165, 1.54) is 6.08 Å². The first-order chi connectivity index (χ1) is 13.0. The van der Waals surface area contributed by atoms with Crippen molar-refractivity contribution in [2.24, 2.45) is 0 Å². The van der Waals surface area contributed by atoms with Crippen molar-refractivity contribution in [2.75, 3.05) is 18.1 Å². The minimum absolute atomic E-state index is 0.258. The number of anilines is 1. The molecule has 0 heterocycles. The highest BCUT2D eigenvalue weighted by atomic mass is 16.5. The van der Waals surface area contributed by atoms with Gasteiger partial charge in [-0.15, -0.1) is 0 Å². The van der Waals surface area contributed by atoms with E-state index in [0.29, 0.717) is 13.2 Å². The highest BCUT2D eigenvalue weighted by Crippen LogP contribution is 2.16. The number of esters is 1. The lowest BCUT2D eigenvalue weighted by atomic mass is 10.2. The Morgan fingerprint density at radius 3 is 2.30 bits per heavy atom. The largest absolute Gasteiger partial charge is 0.494 e. The van der Waals surface area contributed by atoms with Crippen LogP contribution < -0.4 is 9.64 Å². The van der Waals surface area contributed by atoms with E-state index in [1.807, 2.05) is 68.4 Å². The molecule has 2 aromatic rings. The van der Waals surface area contributed by atoms with Crippen LogP contribution in [0, 0.1) is 0 Å². The van der Waals surface area contributed by atoms with Crippen LogP contribution in [0.4, 0.5) is 5.69 Å². The van der Waals surface area contributed by atoms with Gasteiger partial charge in [0.1, 0.15) is 5.75 Å². The summed E-state index contributed by atoms with van der Waals surface area (Å²) in [6.07, 6.45) is 2.09. The number of benzene rings is 2. The first-order valence-electron chi connectivity index (χ1n) is 9.03. The van der Waals surface area contributed by atoms with E-state index in [4.69, 9.17) is 9.47 Å². The fourth-order valence-corrected chi connectivity index (χ4v) is 2.56. The number of rotatable bonds is 8. The van der Waals surface area contributed by atoms with E-state index in [9.17, 15) is 9.59 Å². The van der Waals surface area contributed by atoms with Gasteiger partial charge in [-0.25, -0.2) is 4.79 Å². The Labute approximate surface area is 160 Å². The summed E-state index contributed by atoms with van der Waals surface area (Å²) in [5, 5.41) is 0. The maximum atomic E-state index is 12.6. The van der Waals surface area contributed by atoms with Crippen molar-refractivity contribution in [3.63, 3.8) is 0 Å². The molecule has 0 aliphatic carbocycles. The molecule has 5 nitrogen and oxygen atoms in total. The van der Waals surface area contributed by atoms with Crippen LogP contribution in [0.5, 0.6) is 5.75 Å². The fraction of sp³-hybridized carbons (Fsp3) is 0.273. The first kappa shape index (κ1) is 20.2. The molecule has 0 bridgehead atoms. The topological polar surface area (TPSA) is 55.8 Å². The van der Waals surface area contributed by atoms with Gasteiger partial charge in [-0.05, 0) is 56.7 Å². The van der Waals surface area contributed by atoms with Gasteiger partial charge < -0.3 is 14.4 Å². The van der Waals surface area contributed by atoms with E-state index in [0.717, 1.165) is 17.0 Å². The summed E-state index contributed by atoms with van der Waals surface area (Å²) in [4.78, 5) is 26.2. The van der Waals surface area contributed by atoms with E-state index in [-0.39, 0.29) is 5.91 Å². The third-order valence-electron chi connectivity index (χ3n) is 3.89. The van der Waals surface area contributed by atoms with Crippen LogP contribution in [0.2, 0.25) is 0 Å². The molecular weight excluding hydrogens is 342 g/mol. The lowest BCUT2D eigenvalue weighted by Crippen LogP contribution is -2.39. The molecule has 0 aliphatic heterocycles. The highest BCUT2D eigenvalue weighted by molar-refractivity contribution is 5.98. The molecule has 0 aromatic heterocycles. The quantitative estimate of drug-likeness (QED) is 0.521. The second kappa shape index (κ2) is 10.2. The van der Waals surface area contributed by atoms with E-state index < -0.39 is 12.1 Å². The number of hydrogen-bond acceptors (Lipinski definition) is 4. The van der Waals surface area contributed by atoms with E-state index in [2.05, 4.69) is 0 Å². The smallest absolute Gasteiger partial charge is 0.331 e. The number of hydrogen-bond donors (Lipinski definition) is 0. The van der Waals surface area contributed by atoms with Crippen molar-refractivity contribution in [1.82, 2.24) is 0 Å². The van der Waals surface area contributed by atoms with Crippen LogP contribution in [0.3, 0.4) is 0 Å². The summed E-state index contributed by atoms with van der Waals surface area (Å²) < 4.78 is 10.6. The summed E-state index contributed by atoms with van der Waals surface area (Å²) in [5.74, 6) is -0.0441. The van der Waals surface area contributed by atoms with Crippen molar-refractivity contribution >= 4 is 23.6 Å². The number of nitrogens with zero attached hydrogens (tertiary/aromatic N) is 1. The lowest BCUT2D eigenvalue weighted by molar-refractivity contribution is -0.149. The summed E-state index contributed by atoms with van der Waals surface area (Å²) >= 11 is 0. The maximum Gasteiger partial charge on any atom is 0.331 e. The van der Waals surface area contributed by atoms with Crippen LogP contribution >= 0.6 is 0 Å². The maximum absolute atomic E-state index is 12.6. The van der Waals surface area contributed by atoms with Gasteiger partial charge in [-0.2, -0.15) is 0 Å². The van der Waals surface area contributed by atoms with Crippen molar-refractivity contribution in [1.29, 1.82) is 0 Å². The summed E-state index contributed by atoms with van der Waals surface area (Å²) in [6.45, 7) is 6.48. The molecule has 27 heavy (non-hydrogen) atoms. The van der Waals surface area contributed by atoms with Crippen LogP contribution in [0.15, 0.2) is 60.7 Å². The number of carbonyl (C=O) groups excluding carboxylic acids is 2. The van der Waals surface area contributed by atoms with Crippen molar-refractivity contribution in [2.45, 2.75) is 26.9 Å². The Morgan fingerprint density at radius 2 is 1.70 bits per heavy atom. The Hall–Kier alpha value is -3.08. The summed E-state index contributed by atoms with van der Waals surface area (Å²) in [7, 11) is 0. The zero-order valence-corrected chi connectivity index (χ0v) is 15.9. The molecule has 2 aromatic carbocycles. The third kappa shape index (κ3) is 5.99. The van der Waals surface area contributed by atoms with E-state index in [1.54, 1.807) is 17.9 Å². The molecule has 0 saturated carbocycles. The first-order valence-corrected chi connectivity index (χ1v) is 9.03. The van der Waals surface area contributed by atoms with Gasteiger partial charge >= 0.3 is 5.97 Å². The second-order valence-electron chi connectivity index (χ2n) is 5.83. The van der Waals surface area contributed by atoms with Crippen LogP contribution in [-0.2, 0) is 14.3 Å². The molecule has 1 atom stereocenters. The minimum Gasteiger partial charge on any atom is -0.494 e. The molecule has 5 heteroatoms. The van der Waals surface area contributed by atoms with Gasteiger partial charge in [0.15, 0.2) is 6.10 Å². The predicted octanol–water partition coefficient (Wildman–Crippen LogP) is 4.08. The number of amides is 1. The molecule has 1 amide bonds. The van der Waals surface area contributed by atoms with Crippen LogP contribution in [0.1, 0.15) is 26.3 Å². The second-order valence-corrected chi connectivity index (χ2v) is 5.83. The number of para-hydroxylation sites is 1. The zero-order valence-electron chi connectivity index (χ0n) is 15.9. The van der Waals surface area contributed by atoms with Gasteiger partial charge in [-0.1, -0.05) is 30.3 Å². The number of ether oxygens (including phenoxy) is 2. The van der Waals surface area contributed by atoms with Gasteiger partial charge in [0, 0.05) is 18.3 Å². The molecule has 0 saturated heterocycles. The van der Waals surface area contributed by atoms with Crippen LogP contribution in [0.25, 0.3) is 6.08 Å². The van der Waals surface area contributed by atoms with Gasteiger partial charge in [0.05, 0.1) is 6.61 Å². The number of likely N-dealkylation sites (N-methyl/N-ethyl adjacent to an activating group) is 1. The Bertz CT molecular complexity index is 769. The predicted molar refractivity (Wildman–Crippen MR) is 107 cm³/mol. The SMILES string of the molecule is CCOc1ccc(/C=C/C(=O)O[C@H](C)C(=O)N(CC)c2ccccc2)cc1. The standard InChI is InChI=1S/C22H25NO4/c1-4-23(19-9-7-6-8-10-19)22(25)17(3)27-21(24)16-13-18-11-14-20(15-12-18)26-5-2/h6-17H,4-5H2,1-3H3/b16-13+/t17-/m1/s1. The monoisotopic (exact) mass is 367 g/mol. The molecule has 0 fully saturated rings. The molecule has 0 aliphatic rings. The van der Waals surface area contributed by atoms with Crippen molar-refractivity contribution in [3.8, 4) is 5.75 Å². The molecule has 2 rings (SSSR count). The summed E-state index contributed by atoms with van der Waals surface area (Å²) in [5.41, 5.74) is 1.62. The number of carbonyl (C=O) groups is 2. The molecule has 0 radical (unpaired) electrons. The fourth-order valence-electron chi connectivity index (χ4n) is 2.56. The lowest BCUT2D eigenvalue weighted by Gasteiger charge is -2.24. The van der Waals surface area contributed by atoms with Crippen molar-refractivity contribution < 1.29 is 19.1 Å². The Morgan fingerprint density at radius 1 is 1.04 bits per heavy atom. The molecule has 0 N–H and O–H groups in total. The van der Waals surface area contributed by atoms with Gasteiger partial charge in [0.2, 0.25) is 0 Å². The van der Waals surface area contributed by atoms with Crippen LogP contribution in [-0.4, -0.2) is 31.1 Å². The Balaban J connectivity index is 1.94. The summed E-state index contributed by atoms with van der Waals surface area (Å²) in [6, 6.07) is 16.7. The normalized spacial score (nSPS) is 11.8. The molecule has 0 spiro atoms. The van der Waals surface area contributed by atoms with Gasteiger partial charge in [-0.3, -0.25) is 4.79 Å². The van der Waals surface area contributed by atoms with Gasteiger partial charge in [0.25, 0.3) is 5.91 Å². The molecule has 142 valence electrons. The average Bonchev–Trinajstić information content (AvgIpc) is 2.69. The molecular formula is C22H25NO4. The minimum atomic E-state index is -0.873. The van der Waals surface area contributed by atoms with Crippen molar-refractivity contribution in [3.05, 3.63) is 66.2 Å². The highest BCUT2D eigenvalue weighted by Gasteiger charge is 2.23. The Kier molecular flexibility index (Phi) is 7.62. The van der Waals surface area contributed by atoms with E-state index >= 15 is 0 Å². The average molecular weight is 367 g/mol.